The predicted molar refractivity (Wildman–Crippen MR) is 92.3 cm³/mol. The molecule has 3 rings (SSSR count). The van der Waals surface area contributed by atoms with Crippen molar-refractivity contribution in [2.45, 2.75) is 82.8 Å². The summed E-state index contributed by atoms with van der Waals surface area (Å²) in [6.45, 7) is 0.895. The highest BCUT2D eigenvalue weighted by atomic mass is 16.3. The average molecular weight is 336 g/mol. The number of rotatable bonds is 5. The molecule has 2 N–H and O–H groups in total. The molecular weight excluding hydrogens is 304 g/mol. The minimum Gasteiger partial charge on any atom is -0.391 e. The van der Waals surface area contributed by atoms with Crippen LogP contribution in [-0.2, 0) is 9.59 Å². The van der Waals surface area contributed by atoms with Gasteiger partial charge in [0.05, 0.1) is 12.0 Å². The van der Waals surface area contributed by atoms with E-state index in [9.17, 15) is 14.7 Å². The van der Waals surface area contributed by atoms with Gasteiger partial charge in [-0.3, -0.25) is 9.59 Å². The standard InChI is InChI=1S/C19H32N2O3/c22-17(14-7-5-6-8-14)12-20-19(24)15-11-18(23)21(13-15)16-9-3-1-2-4-10-16/h14-17,22H,1-13H2,(H,20,24)/t15-,17-/m0/s1. The van der Waals surface area contributed by atoms with Crippen LogP contribution in [-0.4, -0.2) is 47.1 Å². The molecule has 5 heteroatoms. The highest BCUT2D eigenvalue weighted by Gasteiger charge is 2.38. The van der Waals surface area contributed by atoms with E-state index >= 15 is 0 Å². The molecule has 0 bridgehead atoms. The highest BCUT2D eigenvalue weighted by Crippen LogP contribution is 2.29. The first-order valence-corrected chi connectivity index (χ1v) is 9.90. The monoisotopic (exact) mass is 336 g/mol. The van der Waals surface area contributed by atoms with Gasteiger partial charge in [0, 0.05) is 25.6 Å². The Kier molecular flexibility index (Phi) is 6.14. The topological polar surface area (TPSA) is 69.6 Å². The van der Waals surface area contributed by atoms with Crippen LogP contribution in [0.4, 0.5) is 0 Å². The molecule has 2 atom stereocenters. The van der Waals surface area contributed by atoms with Crippen LogP contribution in [0.2, 0.25) is 0 Å². The largest absolute Gasteiger partial charge is 0.391 e. The van der Waals surface area contributed by atoms with Crippen molar-refractivity contribution in [3.05, 3.63) is 0 Å². The fourth-order valence-electron chi connectivity index (χ4n) is 4.69. The minimum absolute atomic E-state index is 0.0588. The van der Waals surface area contributed by atoms with Gasteiger partial charge in [-0.25, -0.2) is 0 Å². The van der Waals surface area contributed by atoms with Crippen molar-refractivity contribution >= 4 is 11.8 Å². The van der Waals surface area contributed by atoms with Crippen LogP contribution in [0.1, 0.15) is 70.6 Å². The van der Waals surface area contributed by atoms with E-state index in [2.05, 4.69) is 5.32 Å². The van der Waals surface area contributed by atoms with Crippen LogP contribution in [0, 0.1) is 11.8 Å². The van der Waals surface area contributed by atoms with Crippen molar-refractivity contribution in [3.63, 3.8) is 0 Å². The molecule has 0 aromatic rings. The summed E-state index contributed by atoms with van der Waals surface area (Å²) in [5.41, 5.74) is 0. The third-order valence-electron chi connectivity index (χ3n) is 6.22. The smallest absolute Gasteiger partial charge is 0.225 e. The Hall–Kier alpha value is -1.10. The van der Waals surface area contributed by atoms with Crippen molar-refractivity contribution in [1.29, 1.82) is 0 Å². The van der Waals surface area contributed by atoms with Crippen molar-refractivity contribution in [3.8, 4) is 0 Å². The summed E-state index contributed by atoms with van der Waals surface area (Å²) in [4.78, 5) is 26.7. The first-order valence-electron chi connectivity index (χ1n) is 9.90. The SMILES string of the molecule is O=C(NC[C@H](O)C1CCCC1)[C@H]1CC(=O)N(C2CCCCCC2)C1. The second-order valence-electron chi connectivity index (χ2n) is 7.95. The molecule has 2 aliphatic carbocycles. The van der Waals surface area contributed by atoms with Crippen molar-refractivity contribution < 1.29 is 14.7 Å². The third kappa shape index (κ3) is 4.29. The Labute approximate surface area is 145 Å². The van der Waals surface area contributed by atoms with Crippen molar-refractivity contribution in [2.75, 3.05) is 13.1 Å². The van der Waals surface area contributed by atoms with Gasteiger partial charge < -0.3 is 15.3 Å². The Balaban J connectivity index is 1.46. The average Bonchev–Trinajstić information content (AvgIpc) is 3.16. The number of carbonyl (C=O) groups is 2. The zero-order valence-electron chi connectivity index (χ0n) is 14.7. The molecule has 3 fully saturated rings. The maximum absolute atomic E-state index is 12.4. The number of nitrogens with zero attached hydrogens (tertiary/aromatic N) is 1. The summed E-state index contributed by atoms with van der Waals surface area (Å²) in [6, 6.07) is 0.335. The maximum Gasteiger partial charge on any atom is 0.225 e. The zero-order chi connectivity index (χ0) is 16.9. The van der Waals surface area contributed by atoms with E-state index in [-0.39, 0.29) is 17.7 Å². The normalized spacial score (nSPS) is 28.1. The van der Waals surface area contributed by atoms with Gasteiger partial charge in [-0.15, -0.1) is 0 Å². The van der Waals surface area contributed by atoms with Gasteiger partial charge in [-0.2, -0.15) is 0 Å². The molecule has 0 spiro atoms. The molecule has 1 heterocycles. The van der Waals surface area contributed by atoms with E-state index in [0.29, 0.717) is 31.5 Å². The molecule has 0 radical (unpaired) electrons. The summed E-state index contributed by atoms with van der Waals surface area (Å²) >= 11 is 0. The lowest BCUT2D eigenvalue weighted by atomic mass is 10.0. The number of amides is 2. The second-order valence-corrected chi connectivity index (χ2v) is 7.95. The number of aliphatic hydroxyl groups excluding tert-OH is 1. The first-order chi connectivity index (χ1) is 11.6. The molecule has 0 aromatic carbocycles. The summed E-state index contributed by atoms with van der Waals surface area (Å²) in [7, 11) is 0. The van der Waals surface area contributed by atoms with Gasteiger partial charge in [-0.1, -0.05) is 38.5 Å². The molecule has 24 heavy (non-hydrogen) atoms. The van der Waals surface area contributed by atoms with Gasteiger partial charge in [0.2, 0.25) is 11.8 Å². The van der Waals surface area contributed by atoms with Crippen molar-refractivity contribution in [1.82, 2.24) is 10.2 Å². The van der Waals surface area contributed by atoms with E-state index in [1.807, 2.05) is 4.90 Å². The summed E-state index contributed by atoms with van der Waals surface area (Å²) in [6.07, 6.45) is 11.5. The second kappa shape index (κ2) is 8.32. The van der Waals surface area contributed by atoms with Crippen LogP contribution in [0.3, 0.4) is 0 Å². The number of hydrogen-bond donors (Lipinski definition) is 2. The lowest BCUT2D eigenvalue weighted by Crippen LogP contribution is -2.40. The summed E-state index contributed by atoms with van der Waals surface area (Å²) < 4.78 is 0. The van der Waals surface area contributed by atoms with Crippen LogP contribution in [0.5, 0.6) is 0 Å². The van der Waals surface area contributed by atoms with Gasteiger partial charge in [0.1, 0.15) is 0 Å². The van der Waals surface area contributed by atoms with E-state index in [1.165, 1.54) is 38.5 Å². The van der Waals surface area contributed by atoms with Crippen molar-refractivity contribution in [2.24, 2.45) is 11.8 Å². The number of carbonyl (C=O) groups excluding carboxylic acids is 2. The lowest BCUT2D eigenvalue weighted by Gasteiger charge is -2.27. The molecule has 0 unspecified atom stereocenters. The Bertz CT molecular complexity index is 440. The van der Waals surface area contributed by atoms with Gasteiger partial charge in [0.15, 0.2) is 0 Å². The van der Waals surface area contributed by atoms with Crippen LogP contribution in [0.15, 0.2) is 0 Å². The van der Waals surface area contributed by atoms with E-state index in [0.717, 1.165) is 25.7 Å². The Morgan fingerprint density at radius 2 is 1.71 bits per heavy atom. The molecule has 0 aromatic heterocycles. The molecule has 2 saturated carbocycles. The molecule has 136 valence electrons. The van der Waals surface area contributed by atoms with Crippen LogP contribution in [0.25, 0.3) is 0 Å². The molecule has 1 aliphatic heterocycles. The third-order valence-corrected chi connectivity index (χ3v) is 6.22. The molecular formula is C19H32N2O3. The fourth-order valence-corrected chi connectivity index (χ4v) is 4.69. The lowest BCUT2D eigenvalue weighted by molar-refractivity contribution is -0.130. The van der Waals surface area contributed by atoms with Gasteiger partial charge >= 0.3 is 0 Å². The van der Waals surface area contributed by atoms with Crippen LogP contribution < -0.4 is 5.32 Å². The number of nitrogens with one attached hydrogen (secondary N) is 1. The Morgan fingerprint density at radius 3 is 2.38 bits per heavy atom. The number of hydrogen-bond acceptors (Lipinski definition) is 3. The van der Waals surface area contributed by atoms with E-state index in [4.69, 9.17) is 0 Å². The first kappa shape index (κ1) is 17.7. The minimum atomic E-state index is -0.438. The summed E-state index contributed by atoms with van der Waals surface area (Å²) in [5, 5.41) is 13.1. The summed E-state index contributed by atoms with van der Waals surface area (Å²) in [5.74, 6) is 0.171. The molecule has 1 saturated heterocycles. The van der Waals surface area contributed by atoms with E-state index < -0.39 is 6.10 Å². The van der Waals surface area contributed by atoms with Crippen LogP contribution >= 0.6 is 0 Å². The highest BCUT2D eigenvalue weighted by molar-refractivity contribution is 5.89. The van der Waals surface area contributed by atoms with Gasteiger partial charge in [0.25, 0.3) is 0 Å². The predicted octanol–water partition coefficient (Wildman–Crippen LogP) is 2.22. The molecule has 5 nitrogen and oxygen atoms in total. The van der Waals surface area contributed by atoms with E-state index in [1.54, 1.807) is 0 Å². The fraction of sp³-hybridized carbons (Fsp3) is 0.895. The molecule has 2 amide bonds. The number of aliphatic hydroxyl groups is 1. The Morgan fingerprint density at radius 1 is 1.08 bits per heavy atom. The maximum atomic E-state index is 12.4. The quantitative estimate of drug-likeness (QED) is 0.757. The van der Waals surface area contributed by atoms with Gasteiger partial charge in [-0.05, 0) is 31.6 Å². The molecule has 3 aliphatic rings. The zero-order valence-corrected chi connectivity index (χ0v) is 14.7. The number of likely N-dealkylation sites (tertiary alicyclic amines) is 1.